The molecular weight excluding hydrogens is 604 g/mol. The van der Waals surface area contributed by atoms with E-state index < -0.39 is 11.0 Å². The van der Waals surface area contributed by atoms with E-state index in [1.165, 1.54) is 59.9 Å². The molecule has 0 spiro atoms. The molecule has 3 saturated carbocycles. The Morgan fingerprint density at radius 1 is 0.959 bits per heavy atom. The van der Waals surface area contributed by atoms with Crippen molar-refractivity contribution >= 4 is 12.0 Å². The summed E-state index contributed by atoms with van der Waals surface area (Å²) in [6, 6.07) is 2.42. The molecule has 1 aliphatic heterocycles. The molecule has 11 atom stereocenters. The number of benzene rings is 1. The number of rotatable bonds is 2. The first kappa shape index (κ1) is 33.6. The Morgan fingerprint density at radius 2 is 1.67 bits per heavy atom. The van der Waals surface area contributed by atoms with Crippen LogP contribution in [0.15, 0.2) is 35.4 Å². The Balaban J connectivity index is 1.17. The first-order chi connectivity index (χ1) is 22.9. The summed E-state index contributed by atoms with van der Waals surface area (Å²) in [7, 11) is 1.57. The molecule has 0 aromatic heterocycles. The number of fused-ring (bicyclic) bond motifs is 10. The van der Waals surface area contributed by atoms with Crippen LogP contribution >= 0.6 is 0 Å². The lowest BCUT2D eigenvalue weighted by molar-refractivity contribution is -0.205. The van der Waals surface area contributed by atoms with Crippen molar-refractivity contribution in [3.8, 4) is 11.5 Å². The molecule has 1 aromatic carbocycles. The Bertz CT molecular complexity index is 1700. The van der Waals surface area contributed by atoms with E-state index in [9.17, 15) is 4.79 Å². The summed E-state index contributed by atoms with van der Waals surface area (Å²) in [6.07, 6.45) is 17.2. The smallest absolute Gasteiger partial charge is 0.311 e. The zero-order valence-electron chi connectivity index (χ0n) is 32.2. The molecule has 1 heterocycles. The molecule has 266 valence electrons. The first-order valence-electron chi connectivity index (χ1n) is 19.6. The van der Waals surface area contributed by atoms with Gasteiger partial charge < -0.3 is 14.2 Å². The zero-order chi connectivity index (χ0) is 35.1. The maximum Gasteiger partial charge on any atom is 0.311 e. The summed E-state index contributed by atoms with van der Waals surface area (Å²) in [6.45, 7) is 26.1. The second-order valence-electron chi connectivity index (χ2n) is 19.6. The molecule has 49 heavy (non-hydrogen) atoms. The molecule has 0 saturated heterocycles. The van der Waals surface area contributed by atoms with Gasteiger partial charge in [0.05, 0.1) is 12.5 Å². The highest BCUT2D eigenvalue weighted by atomic mass is 16.6. The lowest BCUT2D eigenvalue weighted by atomic mass is 9.33. The van der Waals surface area contributed by atoms with E-state index in [0.29, 0.717) is 23.7 Å². The lowest BCUT2D eigenvalue weighted by Crippen LogP contribution is -2.65. The topological polar surface area (TPSA) is 44.8 Å². The van der Waals surface area contributed by atoms with Gasteiger partial charge in [0, 0.05) is 17.4 Å². The number of hydrogen-bond donors (Lipinski definition) is 0. The van der Waals surface area contributed by atoms with Crippen LogP contribution in [0.2, 0.25) is 0 Å². The molecule has 0 radical (unpaired) electrons. The number of methoxy groups -OCH3 is 1. The molecule has 0 amide bonds. The third-order valence-corrected chi connectivity index (χ3v) is 17.1. The van der Waals surface area contributed by atoms with Crippen molar-refractivity contribution in [2.75, 3.05) is 7.11 Å². The third kappa shape index (κ3) is 4.30. The normalized spacial score (nSPS) is 46.3. The number of hydrogen-bond acceptors (Lipinski definition) is 4. The van der Waals surface area contributed by atoms with Crippen molar-refractivity contribution in [1.82, 2.24) is 0 Å². The highest BCUT2D eigenvalue weighted by Crippen LogP contribution is 2.75. The van der Waals surface area contributed by atoms with E-state index in [-0.39, 0.29) is 33.7 Å². The molecular formula is C45H62O4. The minimum atomic E-state index is -0.446. The second kappa shape index (κ2) is 10.5. The molecule has 0 unspecified atom stereocenters. The van der Waals surface area contributed by atoms with E-state index in [1.807, 2.05) is 0 Å². The van der Waals surface area contributed by atoms with E-state index in [1.54, 1.807) is 12.7 Å². The fourth-order valence-corrected chi connectivity index (χ4v) is 13.4. The van der Waals surface area contributed by atoms with Crippen molar-refractivity contribution < 1.29 is 19.0 Å². The Labute approximate surface area is 296 Å². The summed E-state index contributed by atoms with van der Waals surface area (Å²) in [5, 5.41) is 0. The third-order valence-electron chi connectivity index (χ3n) is 17.1. The Morgan fingerprint density at radius 3 is 2.39 bits per heavy atom. The number of carbonyl (C=O) groups is 1. The predicted molar refractivity (Wildman–Crippen MR) is 198 cm³/mol. The van der Waals surface area contributed by atoms with Gasteiger partial charge in [0.15, 0.2) is 17.1 Å². The van der Waals surface area contributed by atoms with Crippen LogP contribution in [-0.2, 0) is 14.9 Å². The first-order valence-corrected chi connectivity index (χ1v) is 19.6. The molecule has 1 aromatic rings. The van der Waals surface area contributed by atoms with Crippen molar-refractivity contribution in [3.05, 3.63) is 52.1 Å². The van der Waals surface area contributed by atoms with Crippen LogP contribution in [0.25, 0.3) is 6.08 Å². The minimum absolute atomic E-state index is 0.00467. The molecule has 0 bridgehead atoms. The second-order valence-corrected chi connectivity index (χ2v) is 19.6. The van der Waals surface area contributed by atoms with Gasteiger partial charge in [-0.1, -0.05) is 64.5 Å². The van der Waals surface area contributed by atoms with E-state index >= 15 is 0 Å². The van der Waals surface area contributed by atoms with Gasteiger partial charge >= 0.3 is 5.97 Å². The molecule has 7 aliphatic rings. The summed E-state index contributed by atoms with van der Waals surface area (Å²) in [5.74, 6) is 3.84. The summed E-state index contributed by atoms with van der Waals surface area (Å²) in [5.41, 5.74) is 8.05. The molecule has 3 fully saturated rings. The van der Waals surface area contributed by atoms with E-state index in [4.69, 9.17) is 14.2 Å². The van der Waals surface area contributed by atoms with E-state index in [0.717, 1.165) is 50.0 Å². The zero-order valence-corrected chi connectivity index (χ0v) is 32.2. The van der Waals surface area contributed by atoms with Gasteiger partial charge in [-0.15, -0.1) is 0 Å². The van der Waals surface area contributed by atoms with Crippen LogP contribution in [-0.4, -0.2) is 24.8 Å². The summed E-state index contributed by atoms with van der Waals surface area (Å²) >= 11 is 0. The fraction of sp³-hybridized carbons (Fsp3) is 0.711. The van der Waals surface area contributed by atoms with Gasteiger partial charge in [-0.05, 0) is 155 Å². The maximum absolute atomic E-state index is 13.2. The molecule has 0 N–H and O–H groups in total. The van der Waals surface area contributed by atoms with Crippen molar-refractivity contribution in [1.29, 1.82) is 0 Å². The van der Waals surface area contributed by atoms with Crippen molar-refractivity contribution in [2.24, 2.45) is 45.3 Å². The van der Waals surface area contributed by atoms with Gasteiger partial charge in [-0.25, -0.2) is 0 Å². The highest BCUT2D eigenvalue weighted by Gasteiger charge is 2.68. The lowest BCUT2D eigenvalue weighted by Gasteiger charge is -2.71. The van der Waals surface area contributed by atoms with Gasteiger partial charge in [0.25, 0.3) is 0 Å². The maximum atomic E-state index is 13.2. The SMILES string of the molecule is C=C(C)[C@H]1CC[C@@H](C)C2=C(C1)[C@@]1(C)Oc3cc4c(c(C)c3O[C@H]1C2)C=C[C@H]1[C@@]4(C)CC[C@@]2(C)[C@@H]3C[C@](C)(C(=O)OC)CC[C@]3(C)CC[C@]12C. The number of ether oxygens (including phenoxy) is 3. The standard InChI is InChI=1S/C45H62O4/c1-26(2)29-13-12-27(3)31-23-37-45(10,33(31)22-29)49-34-24-32-30(28(4)38(34)48-37)14-15-35-42(32,7)19-21-44(9)36-25-41(6,39(46)47-11)17-16-40(36,5)18-20-43(35,44)8/h14-15,24,27,29,35-37H,1,12-13,16-23,25H2,2-11H3/t27-,29+,35+,36-,37+,40-,41-,42+,43-,44+,45-/m1/s1. The van der Waals surface area contributed by atoms with Gasteiger partial charge in [-0.2, -0.15) is 0 Å². The van der Waals surface area contributed by atoms with Crippen LogP contribution in [0.4, 0.5) is 0 Å². The van der Waals surface area contributed by atoms with Crippen molar-refractivity contribution in [2.45, 2.75) is 150 Å². The van der Waals surface area contributed by atoms with Crippen molar-refractivity contribution in [3.63, 3.8) is 0 Å². The molecule has 4 nitrogen and oxygen atoms in total. The average molecular weight is 667 g/mol. The van der Waals surface area contributed by atoms with Crippen LogP contribution in [0, 0.1) is 52.3 Å². The Kier molecular flexibility index (Phi) is 7.23. The molecule has 4 heteroatoms. The minimum Gasteiger partial charge on any atom is -0.481 e. The number of allylic oxidation sites excluding steroid dienone is 2. The quantitative estimate of drug-likeness (QED) is 0.233. The monoisotopic (exact) mass is 666 g/mol. The number of carbonyl (C=O) groups excluding carboxylic acids is 1. The van der Waals surface area contributed by atoms with Gasteiger partial charge in [-0.3, -0.25) is 4.79 Å². The molecule has 6 aliphatic carbocycles. The van der Waals surface area contributed by atoms with Crippen LogP contribution in [0.3, 0.4) is 0 Å². The van der Waals surface area contributed by atoms with Crippen LogP contribution in [0.1, 0.15) is 143 Å². The van der Waals surface area contributed by atoms with Gasteiger partial charge in [0.1, 0.15) is 6.10 Å². The average Bonchev–Trinajstić information content (AvgIpc) is 3.22. The van der Waals surface area contributed by atoms with E-state index in [2.05, 4.69) is 87.1 Å². The van der Waals surface area contributed by atoms with Crippen LogP contribution < -0.4 is 9.47 Å². The predicted octanol–water partition coefficient (Wildman–Crippen LogP) is 11.1. The molecule has 8 rings (SSSR count). The summed E-state index contributed by atoms with van der Waals surface area (Å²) in [4.78, 5) is 13.2. The van der Waals surface area contributed by atoms with Gasteiger partial charge in [0.2, 0.25) is 0 Å². The summed E-state index contributed by atoms with van der Waals surface area (Å²) < 4.78 is 19.8. The number of esters is 1. The fourth-order valence-electron chi connectivity index (χ4n) is 13.4. The largest absolute Gasteiger partial charge is 0.481 e. The Hall–Kier alpha value is -2.49. The highest BCUT2D eigenvalue weighted by molar-refractivity contribution is 5.76. The van der Waals surface area contributed by atoms with Crippen LogP contribution in [0.5, 0.6) is 11.5 Å².